The average molecular weight is 287 g/mol. The molecule has 0 aliphatic heterocycles. The molecule has 20 heavy (non-hydrogen) atoms. The minimum atomic E-state index is -1.06. The zero-order chi connectivity index (χ0) is 14.4. The maximum Gasteiger partial charge on any atom is 0.337 e. The van der Waals surface area contributed by atoms with E-state index >= 15 is 0 Å². The van der Waals surface area contributed by atoms with Crippen LogP contribution in [0.2, 0.25) is 0 Å². The molecule has 1 amide bonds. The molecule has 2 aromatic rings. The molecule has 0 heterocycles. The summed E-state index contributed by atoms with van der Waals surface area (Å²) in [4.78, 5) is 22.8. The van der Waals surface area contributed by atoms with Crippen LogP contribution in [0, 0.1) is 0 Å². The molecule has 0 fully saturated rings. The van der Waals surface area contributed by atoms with Crippen molar-refractivity contribution in [1.29, 1.82) is 0 Å². The fraction of sp³-hybridized carbons (Fsp3) is 0.0667. The number of hydrogen-bond acceptors (Lipinski definition) is 3. The standard InChI is InChI=1S/C15H13NO3S/c17-14(18)12-8-4-5-9-13(12)16-15(19)20-10-11-6-2-1-3-7-11/h1-9H,10H2,(H,16,19)(H,17,18). The van der Waals surface area contributed by atoms with Gasteiger partial charge in [-0.3, -0.25) is 4.79 Å². The number of carbonyl (C=O) groups excluding carboxylic acids is 1. The zero-order valence-electron chi connectivity index (χ0n) is 10.6. The van der Waals surface area contributed by atoms with Crippen molar-refractivity contribution in [2.45, 2.75) is 5.75 Å². The van der Waals surface area contributed by atoms with Crippen LogP contribution in [-0.4, -0.2) is 16.3 Å². The highest BCUT2D eigenvalue weighted by Gasteiger charge is 2.11. The minimum Gasteiger partial charge on any atom is -0.478 e. The number of rotatable bonds is 4. The number of nitrogens with one attached hydrogen (secondary N) is 1. The number of carbonyl (C=O) groups is 2. The van der Waals surface area contributed by atoms with Crippen molar-refractivity contribution in [2.24, 2.45) is 0 Å². The smallest absolute Gasteiger partial charge is 0.337 e. The Bertz CT molecular complexity index is 614. The van der Waals surface area contributed by atoms with E-state index in [1.807, 2.05) is 30.3 Å². The van der Waals surface area contributed by atoms with Crippen molar-refractivity contribution < 1.29 is 14.7 Å². The molecule has 0 spiro atoms. The van der Waals surface area contributed by atoms with Crippen LogP contribution >= 0.6 is 11.8 Å². The van der Waals surface area contributed by atoms with Crippen LogP contribution in [0.25, 0.3) is 0 Å². The molecule has 0 unspecified atom stereocenters. The number of para-hydroxylation sites is 1. The second kappa shape index (κ2) is 6.77. The highest BCUT2D eigenvalue weighted by Crippen LogP contribution is 2.19. The Morgan fingerprint density at radius 2 is 1.65 bits per heavy atom. The van der Waals surface area contributed by atoms with Gasteiger partial charge in [0, 0.05) is 5.75 Å². The molecule has 0 bridgehead atoms. The molecular weight excluding hydrogens is 274 g/mol. The van der Waals surface area contributed by atoms with E-state index in [1.165, 1.54) is 6.07 Å². The highest BCUT2D eigenvalue weighted by molar-refractivity contribution is 8.13. The fourth-order valence-electron chi connectivity index (χ4n) is 1.65. The van der Waals surface area contributed by atoms with Gasteiger partial charge in [-0.1, -0.05) is 54.2 Å². The summed E-state index contributed by atoms with van der Waals surface area (Å²) < 4.78 is 0. The van der Waals surface area contributed by atoms with E-state index in [4.69, 9.17) is 5.11 Å². The summed E-state index contributed by atoms with van der Waals surface area (Å²) in [5.74, 6) is -0.518. The summed E-state index contributed by atoms with van der Waals surface area (Å²) in [6.45, 7) is 0. The predicted molar refractivity (Wildman–Crippen MR) is 80.2 cm³/mol. The van der Waals surface area contributed by atoms with E-state index in [0.717, 1.165) is 17.3 Å². The molecule has 0 atom stereocenters. The third-order valence-electron chi connectivity index (χ3n) is 2.61. The van der Waals surface area contributed by atoms with Gasteiger partial charge >= 0.3 is 5.97 Å². The number of anilines is 1. The molecule has 0 aromatic heterocycles. The highest BCUT2D eigenvalue weighted by atomic mass is 32.2. The minimum absolute atomic E-state index is 0.0844. The largest absolute Gasteiger partial charge is 0.478 e. The van der Waals surface area contributed by atoms with E-state index in [9.17, 15) is 9.59 Å². The Hall–Kier alpha value is -2.27. The second-order valence-electron chi connectivity index (χ2n) is 4.04. The van der Waals surface area contributed by atoms with Crippen LogP contribution in [-0.2, 0) is 5.75 Å². The lowest BCUT2D eigenvalue weighted by molar-refractivity contribution is 0.0698. The molecule has 5 heteroatoms. The maximum atomic E-state index is 11.8. The van der Waals surface area contributed by atoms with Gasteiger partial charge < -0.3 is 10.4 Å². The first kappa shape index (κ1) is 14.1. The van der Waals surface area contributed by atoms with E-state index in [2.05, 4.69) is 5.32 Å². The lowest BCUT2D eigenvalue weighted by Gasteiger charge is -2.07. The van der Waals surface area contributed by atoms with E-state index in [1.54, 1.807) is 18.2 Å². The van der Waals surface area contributed by atoms with Gasteiger partial charge in [-0.2, -0.15) is 0 Å². The summed E-state index contributed by atoms with van der Waals surface area (Å²) in [6.07, 6.45) is 0. The lowest BCUT2D eigenvalue weighted by Crippen LogP contribution is -2.10. The molecule has 0 radical (unpaired) electrons. The van der Waals surface area contributed by atoms with Crippen LogP contribution in [0.5, 0.6) is 0 Å². The van der Waals surface area contributed by atoms with Gasteiger partial charge in [-0.15, -0.1) is 0 Å². The number of benzene rings is 2. The van der Waals surface area contributed by atoms with Gasteiger partial charge in [0.05, 0.1) is 11.3 Å². The number of carboxylic acids is 1. The Morgan fingerprint density at radius 1 is 1.00 bits per heavy atom. The number of carboxylic acid groups (broad SMARTS) is 1. The molecule has 0 saturated carbocycles. The van der Waals surface area contributed by atoms with Crippen molar-refractivity contribution in [1.82, 2.24) is 0 Å². The first-order valence-corrected chi connectivity index (χ1v) is 6.95. The monoisotopic (exact) mass is 287 g/mol. The van der Waals surface area contributed by atoms with Gasteiger partial charge in [0.25, 0.3) is 5.24 Å². The summed E-state index contributed by atoms with van der Waals surface area (Å²) >= 11 is 1.10. The summed E-state index contributed by atoms with van der Waals surface area (Å²) in [7, 11) is 0. The molecular formula is C15H13NO3S. The second-order valence-corrected chi connectivity index (χ2v) is 4.99. The first-order valence-electron chi connectivity index (χ1n) is 5.97. The van der Waals surface area contributed by atoms with E-state index in [-0.39, 0.29) is 10.8 Å². The fourth-order valence-corrected chi connectivity index (χ4v) is 2.32. The summed E-state index contributed by atoms with van der Waals surface area (Å²) in [6, 6.07) is 15.9. The maximum absolute atomic E-state index is 11.8. The number of amides is 1. The lowest BCUT2D eigenvalue weighted by atomic mass is 10.2. The first-order chi connectivity index (χ1) is 9.66. The number of hydrogen-bond donors (Lipinski definition) is 2. The normalized spacial score (nSPS) is 10.0. The molecule has 2 N–H and O–H groups in total. The molecule has 102 valence electrons. The predicted octanol–water partition coefficient (Wildman–Crippen LogP) is 3.85. The van der Waals surface area contributed by atoms with Crippen molar-refractivity contribution >= 4 is 28.7 Å². The van der Waals surface area contributed by atoms with Gasteiger partial charge in [-0.25, -0.2) is 4.79 Å². The molecule has 4 nitrogen and oxygen atoms in total. The van der Waals surface area contributed by atoms with E-state index < -0.39 is 5.97 Å². The SMILES string of the molecule is O=C(Nc1ccccc1C(=O)O)SCc1ccccc1. The van der Waals surface area contributed by atoms with Crippen LogP contribution in [0.3, 0.4) is 0 Å². The van der Waals surface area contributed by atoms with Crippen molar-refractivity contribution in [3.8, 4) is 0 Å². The van der Waals surface area contributed by atoms with Gasteiger partial charge in [0.2, 0.25) is 0 Å². The van der Waals surface area contributed by atoms with Crippen LogP contribution in [0.15, 0.2) is 54.6 Å². The van der Waals surface area contributed by atoms with Crippen molar-refractivity contribution in [2.75, 3.05) is 5.32 Å². The third-order valence-corrected chi connectivity index (χ3v) is 3.45. The Kier molecular flexibility index (Phi) is 4.79. The molecule has 2 aromatic carbocycles. The topological polar surface area (TPSA) is 66.4 Å². The molecule has 0 saturated heterocycles. The quantitative estimate of drug-likeness (QED) is 0.896. The van der Waals surface area contributed by atoms with Gasteiger partial charge in [-0.05, 0) is 17.7 Å². The van der Waals surface area contributed by atoms with Crippen molar-refractivity contribution in [3.05, 3.63) is 65.7 Å². The molecule has 0 aliphatic rings. The van der Waals surface area contributed by atoms with Crippen LogP contribution in [0.4, 0.5) is 10.5 Å². The third kappa shape index (κ3) is 3.86. The molecule has 2 rings (SSSR count). The van der Waals surface area contributed by atoms with E-state index in [0.29, 0.717) is 11.4 Å². The van der Waals surface area contributed by atoms with Crippen LogP contribution in [0.1, 0.15) is 15.9 Å². The number of aromatic carboxylic acids is 1. The van der Waals surface area contributed by atoms with Crippen LogP contribution < -0.4 is 5.32 Å². The Balaban J connectivity index is 1.97. The van der Waals surface area contributed by atoms with Gasteiger partial charge in [0.15, 0.2) is 0 Å². The molecule has 0 aliphatic carbocycles. The summed E-state index contributed by atoms with van der Waals surface area (Å²) in [5, 5.41) is 11.4. The number of thioether (sulfide) groups is 1. The Morgan fingerprint density at radius 3 is 2.35 bits per heavy atom. The Labute approximate surface area is 120 Å². The van der Waals surface area contributed by atoms with Crippen molar-refractivity contribution in [3.63, 3.8) is 0 Å². The zero-order valence-corrected chi connectivity index (χ0v) is 11.4. The summed E-state index contributed by atoms with van der Waals surface area (Å²) in [5.41, 5.74) is 1.44. The average Bonchev–Trinajstić information content (AvgIpc) is 2.46. The van der Waals surface area contributed by atoms with Gasteiger partial charge in [0.1, 0.15) is 0 Å².